The molecule has 1 aromatic carbocycles. The number of halogens is 2. The standard InChI is InChI=1S/C15H19ClFN3O2/c16-11-2-1-9(7-12(11)17)14-13(4-6-22-14)20-15(21)19-10-3-5-18-8-10/h1-2,7,10,13-14,18H,3-6,8H2,(H2,19,20,21)/t10-,13-,14+/m1/s1. The first-order valence-corrected chi connectivity index (χ1v) is 7.85. The number of nitrogens with one attached hydrogen (secondary N) is 3. The van der Waals surface area contributed by atoms with Crippen LogP contribution in [-0.2, 0) is 4.74 Å². The van der Waals surface area contributed by atoms with E-state index in [0.717, 1.165) is 19.5 Å². The fourth-order valence-electron chi connectivity index (χ4n) is 2.93. The van der Waals surface area contributed by atoms with Crippen LogP contribution in [-0.4, -0.2) is 37.8 Å². The summed E-state index contributed by atoms with van der Waals surface area (Å²) in [5, 5.41) is 9.14. The molecule has 3 rings (SSSR count). The molecule has 2 heterocycles. The molecule has 0 aliphatic carbocycles. The third kappa shape index (κ3) is 3.51. The highest BCUT2D eigenvalue weighted by atomic mass is 35.5. The van der Waals surface area contributed by atoms with E-state index >= 15 is 0 Å². The van der Waals surface area contributed by atoms with Crippen LogP contribution in [0.5, 0.6) is 0 Å². The van der Waals surface area contributed by atoms with Gasteiger partial charge in [-0.3, -0.25) is 0 Å². The van der Waals surface area contributed by atoms with Crippen molar-refractivity contribution >= 4 is 17.6 Å². The largest absolute Gasteiger partial charge is 0.371 e. The van der Waals surface area contributed by atoms with Gasteiger partial charge in [-0.25, -0.2) is 9.18 Å². The van der Waals surface area contributed by atoms with Crippen molar-refractivity contribution < 1.29 is 13.9 Å². The van der Waals surface area contributed by atoms with E-state index in [-0.39, 0.29) is 29.2 Å². The van der Waals surface area contributed by atoms with Crippen molar-refractivity contribution in [2.45, 2.75) is 31.0 Å². The second-order valence-electron chi connectivity index (χ2n) is 5.67. The van der Waals surface area contributed by atoms with Gasteiger partial charge in [-0.05, 0) is 37.1 Å². The highest BCUT2D eigenvalue weighted by Crippen LogP contribution is 2.31. The predicted octanol–water partition coefficient (Wildman–Crippen LogP) is 1.97. The lowest BCUT2D eigenvalue weighted by Crippen LogP contribution is -2.47. The molecule has 3 atom stereocenters. The lowest BCUT2D eigenvalue weighted by Gasteiger charge is -2.22. The Morgan fingerprint density at radius 2 is 2.23 bits per heavy atom. The zero-order valence-electron chi connectivity index (χ0n) is 12.1. The molecule has 120 valence electrons. The van der Waals surface area contributed by atoms with E-state index < -0.39 is 5.82 Å². The summed E-state index contributed by atoms with van der Waals surface area (Å²) in [6.45, 7) is 2.25. The quantitative estimate of drug-likeness (QED) is 0.795. The van der Waals surface area contributed by atoms with Crippen molar-refractivity contribution in [1.82, 2.24) is 16.0 Å². The van der Waals surface area contributed by atoms with E-state index in [1.54, 1.807) is 6.07 Å². The van der Waals surface area contributed by atoms with Crippen LogP contribution >= 0.6 is 11.6 Å². The number of urea groups is 1. The van der Waals surface area contributed by atoms with Crippen LogP contribution in [0.3, 0.4) is 0 Å². The molecule has 0 spiro atoms. The molecule has 0 bridgehead atoms. The Hall–Kier alpha value is -1.37. The number of rotatable bonds is 3. The Bertz CT molecular complexity index is 552. The molecule has 22 heavy (non-hydrogen) atoms. The van der Waals surface area contributed by atoms with Crippen molar-refractivity contribution in [2.24, 2.45) is 0 Å². The monoisotopic (exact) mass is 327 g/mol. The van der Waals surface area contributed by atoms with Gasteiger partial charge in [0.25, 0.3) is 0 Å². The Balaban J connectivity index is 1.62. The molecule has 0 radical (unpaired) electrons. The van der Waals surface area contributed by atoms with Crippen molar-refractivity contribution in [3.63, 3.8) is 0 Å². The molecule has 0 aromatic heterocycles. The Kier molecular flexibility index (Phi) is 4.81. The first kappa shape index (κ1) is 15.5. The molecule has 5 nitrogen and oxygen atoms in total. The summed E-state index contributed by atoms with van der Waals surface area (Å²) in [7, 11) is 0. The zero-order chi connectivity index (χ0) is 15.5. The van der Waals surface area contributed by atoms with E-state index in [4.69, 9.17) is 16.3 Å². The second kappa shape index (κ2) is 6.81. The van der Waals surface area contributed by atoms with E-state index in [9.17, 15) is 9.18 Å². The molecule has 2 fully saturated rings. The molecule has 7 heteroatoms. The maximum absolute atomic E-state index is 13.6. The van der Waals surface area contributed by atoms with Gasteiger partial charge < -0.3 is 20.7 Å². The van der Waals surface area contributed by atoms with Crippen LogP contribution in [0, 0.1) is 5.82 Å². The van der Waals surface area contributed by atoms with Gasteiger partial charge in [-0.15, -0.1) is 0 Å². The van der Waals surface area contributed by atoms with Gasteiger partial charge in [-0.2, -0.15) is 0 Å². The summed E-state index contributed by atoms with van der Waals surface area (Å²) in [4.78, 5) is 12.1. The van der Waals surface area contributed by atoms with Crippen molar-refractivity contribution in [2.75, 3.05) is 19.7 Å². The maximum atomic E-state index is 13.6. The number of hydrogen-bond donors (Lipinski definition) is 3. The van der Waals surface area contributed by atoms with Gasteiger partial charge in [-0.1, -0.05) is 17.7 Å². The lowest BCUT2D eigenvalue weighted by atomic mass is 10.0. The first-order chi connectivity index (χ1) is 10.6. The number of ether oxygens (including phenoxy) is 1. The maximum Gasteiger partial charge on any atom is 0.315 e. The van der Waals surface area contributed by atoms with Gasteiger partial charge in [0.15, 0.2) is 0 Å². The minimum atomic E-state index is -0.477. The summed E-state index contributed by atoms with van der Waals surface area (Å²) >= 11 is 5.70. The fourth-order valence-corrected chi connectivity index (χ4v) is 3.05. The highest BCUT2D eigenvalue weighted by molar-refractivity contribution is 6.30. The van der Waals surface area contributed by atoms with E-state index in [1.165, 1.54) is 12.1 Å². The summed E-state index contributed by atoms with van der Waals surface area (Å²) in [6, 6.07) is 4.39. The molecule has 2 aliphatic heterocycles. The Morgan fingerprint density at radius 3 is 2.95 bits per heavy atom. The second-order valence-corrected chi connectivity index (χ2v) is 6.07. The molecule has 2 amide bonds. The summed E-state index contributed by atoms with van der Waals surface area (Å²) in [5.74, 6) is -0.477. The smallest absolute Gasteiger partial charge is 0.315 e. The molecule has 1 aromatic rings. The fraction of sp³-hybridized carbons (Fsp3) is 0.533. The van der Waals surface area contributed by atoms with E-state index in [2.05, 4.69) is 16.0 Å². The van der Waals surface area contributed by atoms with Crippen LogP contribution in [0.4, 0.5) is 9.18 Å². The predicted molar refractivity (Wildman–Crippen MR) is 81.5 cm³/mol. The topological polar surface area (TPSA) is 62.4 Å². The molecule has 0 unspecified atom stereocenters. The zero-order valence-corrected chi connectivity index (χ0v) is 12.8. The average Bonchev–Trinajstić information content (AvgIpc) is 3.13. The van der Waals surface area contributed by atoms with E-state index in [0.29, 0.717) is 18.6 Å². The SMILES string of the molecule is O=C(N[C@@H]1CCNC1)N[C@@H]1CCO[C@H]1c1ccc(Cl)c(F)c1. The van der Waals surface area contributed by atoms with Crippen molar-refractivity contribution in [1.29, 1.82) is 0 Å². The van der Waals surface area contributed by atoms with Crippen LogP contribution in [0.1, 0.15) is 24.5 Å². The third-order valence-corrected chi connectivity index (χ3v) is 4.38. The van der Waals surface area contributed by atoms with Crippen LogP contribution in [0.25, 0.3) is 0 Å². The van der Waals surface area contributed by atoms with E-state index in [1.807, 2.05) is 0 Å². The summed E-state index contributed by atoms with van der Waals surface area (Å²) in [6.07, 6.45) is 1.28. The van der Waals surface area contributed by atoms with Gasteiger partial charge in [0, 0.05) is 19.2 Å². The van der Waals surface area contributed by atoms with Crippen LogP contribution in [0.2, 0.25) is 5.02 Å². The van der Waals surface area contributed by atoms with Crippen molar-refractivity contribution in [3.05, 3.63) is 34.6 Å². The first-order valence-electron chi connectivity index (χ1n) is 7.48. The molecule has 3 N–H and O–H groups in total. The molecule has 2 saturated heterocycles. The minimum absolute atomic E-state index is 0.0812. The van der Waals surface area contributed by atoms with Gasteiger partial charge in [0.2, 0.25) is 0 Å². The van der Waals surface area contributed by atoms with Gasteiger partial charge >= 0.3 is 6.03 Å². The lowest BCUT2D eigenvalue weighted by molar-refractivity contribution is 0.0996. The number of carbonyl (C=O) groups excluding carboxylic acids is 1. The number of carbonyl (C=O) groups is 1. The highest BCUT2D eigenvalue weighted by Gasteiger charge is 2.32. The third-order valence-electron chi connectivity index (χ3n) is 4.08. The average molecular weight is 328 g/mol. The molecule has 2 aliphatic rings. The summed E-state index contributed by atoms with van der Waals surface area (Å²) in [5.41, 5.74) is 0.687. The Labute approximate surface area is 133 Å². The summed E-state index contributed by atoms with van der Waals surface area (Å²) < 4.78 is 19.3. The van der Waals surface area contributed by atoms with Crippen LogP contribution < -0.4 is 16.0 Å². The molecular formula is C15H19ClFN3O2. The van der Waals surface area contributed by atoms with Gasteiger partial charge in [0.05, 0.1) is 11.1 Å². The Morgan fingerprint density at radius 1 is 1.36 bits per heavy atom. The normalized spacial score (nSPS) is 27.8. The number of benzene rings is 1. The van der Waals surface area contributed by atoms with Crippen LogP contribution in [0.15, 0.2) is 18.2 Å². The van der Waals surface area contributed by atoms with Gasteiger partial charge in [0.1, 0.15) is 11.9 Å². The molecular weight excluding hydrogens is 309 g/mol. The minimum Gasteiger partial charge on any atom is -0.371 e. The molecule has 0 saturated carbocycles. The number of amides is 2. The van der Waals surface area contributed by atoms with Crippen molar-refractivity contribution in [3.8, 4) is 0 Å². The number of hydrogen-bond acceptors (Lipinski definition) is 3.